The number of aromatic hydroxyl groups is 1. The Morgan fingerprint density at radius 1 is 1.08 bits per heavy atom. The fraction of sp³-hybridized carbons (Fsp3) is 0.412. The molecule has 0 bridgehead atoms. The molecule has 4 rings (SSSR count). The minimum Gasteiger partial charge on any atom is -0.504 e. The maximum absolute atomic E-state index is 12.0. The summed E-state index contributed by atoms with van der Waals surface area (Å²) in [5.41, 5.74) is -0.943. The van der Waals surface area contributed by atoms with Gasteiger partial charge in [-0.05, 0) is 49.7 Å². The van der Waals surface area contributed by atoms with Crippen LogP contribution in [0.25, 0.3) is 0 Å². The predicted molar refractivity (Wildman–Crippen MR) is 99.6 cm³/mol. The Labute approximate surface area is 156 Å². The van der Waals surface area contributed by atoms with E-state index in [0.717, 1.165) is 25.7 Å². The van der Waals surface area contributed by atoms with E-state index >= 15 is 0 Å². The Morgan fingerprint density at radius 3 is 2.19 bits per heavy atom. The molecule has 0 amide bonds. The average molecular weight is 397 g/mol. The number of phenolic OH excluding ortho intramolecular Hbond substituents is 1. The van der Waals surface area contributed by atoms with Crippen molar-refractivity contribution >= 4 is 39.7 Å². The van der Waals surface area contributed by atoms with Gasteiger partial charge in [-0.3, -0.25) is 9.59 Å². The number of hydrogen-bond acceptors (Lipinski definition) is 6. The second-order valence-electron chi connectivity index (χ2n) is 6.90. The molecule has 9 heteroatoms. The molecule has 26 heavy (non-hydrogen) atoms. The van der Waals surface area contributed by atoms with Gasteiger partial charge in [0.05, 0.1) is 10.7 Å². The quantitative estimate of drug-likeness (QED) is 0.323. The van der Waals surface area contributed by atoms with Crippen molar-refractivity contribution in [2.75, 3.05) is 10.6 Å². The summed E-state index contributed by atoms with van der Waals surface area (Å²) in [5.74, 6) is 0.539. The van der Waals surface area contributed by atoms with Crippen LogP contribution in [-0.2, 0) is 11.1 Å². The van der Waals surface area contributed by atoms with E-state index < -0.39 is 27.7 Å². The molecule has 0 heterocycles. The smallest absolute Gasteiger partial charge is 0.253 e. The molecular formula is C17H17ClN2O5S. The van der Waals surface area contributed by atoms with Gasteiger partial charge in [0, 0.05) is 6.04 Å². The lowest BCUT2D eigenvalue weighted by molar-refractivity contribution is 0.459. The van der Waals surface area contributed by atoms with Gasteiger partial charge in [-0.2, -0.15) is 0 Å². The van der Waals surface area contributed by atoms with Gasteiger partial charge in [0.15, 0.2) is 16.8 Å². The van der Waals surface area contributed by atoms with Gasteiger partial charge in [0.1, 0.15) is 16.3 Å². The van der Waals surface area contributed by atoms with Crippen molar-refractivity contribution in [1.82, 2.24) is 0 Å². The third-order valence-corrected chi connectivity index (χ3v) is 6.19. The molecule has 0 saturated heterocycles. The molecular weight excluding hydrogens is 380 g/mol. The third-order valence-electron chi connectivity index (χ3n) is 5.00. The molecule has 0 radical (unpaired) electrons. The van der Waals surface area contributed by atoms with Gasteiger partial charge < -0.3 is 20.3 Å². The number of halogens is 1. The van der Waals surface area contributed by atoms with Crippen LogP contribution >= 0.6 is 11.6 Å². The Bertz CT molecular complexity index is 964. The summed E-state index contributed by atoms with van der Waals surface area (Å²) < 4.78 is 20.6. The standard InChI is InChI=1S/C17H17ClN2O5S/c18-9-5-6-10(14(21)17(9)26(24)25)19-12-13(16(23)15(12)22)20-11(7-1-2-7)8-3-4-8/h5-8,11,19-21H,1-4H2,(H,24,25). The highest BCUT2D eigenvalue weighted by Crippen LogP contribution is 2.46. The fourth-order valence-corrected chi connectivity index (χ4v) is 4.16. The van der Waals surface area contributed by atoms with Crippen LogP contribution in [-0.4, -0.2) is 19.9 Å². The highest BCUT2D eigenvalue weighted by atomic mass is 35.5. The van der Waals surface area contributed by atoms with Gasteiger partial charge >= 0.3 is 0 Å². The van der Waals surface area contributed by atoms with E-state index in [4.69, 9.17) is 11.6 Å². The highest BCUT2D eigenvalue weighted by molar-refractivity contribution is 7.79. The molecule has 4 N–H and O–H groups in total. The fourth-order valence-electron chi connectivity index (χ4n) is 3.29. The Balaban J connectivity index is 1.63. The molecule has 0 aromatic heterocycles. The first kappa shape index (κ1) is 17.5. The third kappa shape index (κ3) is 3.02. The lowest BCUT2D eigenvalue weighted by Gasteiger charge is -2.22. The summed E-state index contributed by atoms with van der Waals surface area (Å²) in [6, 6.07) is 2.91. The summed E-state index contributed by atoms with van der Waals surface area (Å²) in [7, 11) is 0. The first-order valence-electron chi connectivity index (χ1n) is 8.37. The predicted octanol–water partition coefficient (Wildman–Crippen LogP) is 2.57. The monoisotopic (exact) mass is 396 g/mol. The summed E-state index contributed by atoms with van der Waals surface area (Å²) in [6.45, 7) is 0. The number of benzene rings is 1. The number of rotatable bonds is 7. The van der Waals surface area contributed by atoms with Crippen molar-refractivity contribution in [3.05, 3.63) is 37.6 Å². The molecule has 0 spiro atoms. The Kier molecular flexibility index (Phi) is 4.29. The number of anilines is 3. The average Bonchev–Trinajstić information content (AvgIpc) is 3.48. The number of hydrogen-bond donors (Lipinski definition) is 4. The van der Waals surface area contributed by atoms with Crippen molar-refractivity contribution in [3.8, 4) is 5.75 Å². The van der Waals surface area contributed by atoms with Crippen LogP contribution in [0.2, 0.25) is 5.02 Å². The van der Waals surface area contributed by atoms with Gasteiger partial charge in [-0.25, -0.2) is 4.21 Å². The second-order valence-corrected chi connectivity index (χ2v) is 8.21. The van der Waals surface area contributed by atoms with Crippen molar-refractivity contribution in [2.45, 2.75) is 36.6 Å². The van der Waals surface area contributed by atoms with Crippen LogP contribution in [0.4, 0.5) is 17.1 Å². The van der Waals surface area contributed by atoms with E-state index in [0.29, 0.717) is 11.8 Å². The van der Waals surface area contributed by atoms with Crippen LogP contribution in [0.1, 0.15) is 25.7 Å². The van der Waals surface area contributed by atoms with Crippen molar-refractivity contribution in [2.24, 2.45) is 11.8 Å². The van der Waals surface area contributed by atoms with E-state index in [9.17, 15) is 23.5 Å². The van der Waals surface area contributed by atoms with Crippen molar-refractivity contribution < 1.29 is 13.9 Å². The summed E-state index contributed by atoms with van der Waals surface area (Å²) in [5, 5.41) is 16.1. The van der Waals surface area contributed by atoms with Gasteiger partial charge in [-0.15, -0.1) is 0 Å². The summed E-state index contributed by atoms with van der Waals surface area (Å²) in [4.78, 5) is 23.7. The second kappa shape index (κ2) is 6.37. The largest absolute Gasteiger partial charge is 0.504 e. The SMILES string of the molecule is O=c1c(Nc2ccc(Cl)c(S(=O)O)c2O)c(NC(C2CC2)C2CC2)c1=O. The van der Waals surface area contributed by atoms with E-state index in [-0.39, 0.29) is 33.0 Å². The zero-order valence-electron chi connectivity index (χ0n) is 13.6. The van der Waals surface area contributed by atoms with Gasteiger partial charge in [0.25, 0.3) is 10.9 Å². The van der Waals surface area contributed by atoms with Crippen LogP contribution < -0.4 is 21.5 Å². The first-order valence-corrected chi connectivity index (χ1v) is 9.86. The minimum absolute atomic E-state index is 0.0383. The highest BCUT2D eigenvalue weighted by Gasteiger charge is 2.42. The molecule has 2 aromatic rings. The van der Waals surface area contributed by atoms with E-state index in [1.54, 1.807) is 0 Å². The van der Waals surface area contributed by atoms with Crippen molar-refractivity contribution in [3.63, 3.8) is 0 Å². The minimum atomic E-state index is -2.50. The van der Waals surface area contributed by atoms with Crippen LogP contribution in [0, 0.1) is 11.8 Å². The number of nitrogens with one attached hydrogen (secondary N) is 2. The van der Waals surface area contributed by atoms with Crippen molar-refractivity contribution in [1.29, 1.82) is 0 Å². The molecule has 2 aromatic carbocycles. The molecule has 2 aliphatic carbocycles. The molecule has 2 fully saturated rings. The Morgan fingerprint density at radius 2 is 1.65 bits per heavy atom. The molecule has 1 unspecified atom stereocenters. The number of phenols is 1. The Hall–Kier alpha value is -1.90. The molecule has 1 atom stereocenters. The maximum atomic E-state index is 12.0. The zero-order valence-corrected chi connectivity index (χ0v) is 15.2. The van der Waals surface area contributed by atoms with Crippen LogP contribution in [0.15, 0.2) is 26.6 Å². The topological polar surface area (TPSA) is 116 Å². The molecule has 2 saturated carbocycles. The zero-order chi connectivity index (χ0) is 18.6. The van der Waals surface area contributed by atoms with Crippen LogP contribution in [0.5, 0.6) is 5.75 Å². The first-order chi connectivity index (χ1) is 12.4. The molecule has 7 nitrogen and oxygen atoms in total. The van der Waals surface area contributed by atoms with Crippen LogP contribution in [0.3, 0.4) is 0 Å². The molecule has 138 valence electrons. The van der Waals surface area contributed by atoms with E-state index in [1.807, 2.05) is 0 Å². The van der Waals surface area contributed by atoms with Gasteiger partial charge in [-0.1, -0.05) is 11.6 Å². The maximum Gasteiger partial charge on any atom is 0.253 e. The summed E-state index contributed by atoms with van der Waals surface area (Å²) >= 11 is 3.33. The van der Waals surface area contributed by atoms with E-state index in [2.05, 4.69) is 10.6 Å². The normalized spacial score (nSPS) is 18.3. The molecule has 2 aliphatic rings. The summed E-state index contributed by atoms with van der Waals surface area (Å²) in [6.07, 6.45) is 4.48. The van der Waals surface area contributed by atoms with Gasteiger partial charge in [0.2, 0.25) is 0 Å². The molecule has 0 aliphatic heterocycles. The van der Waals surface area contributed by atoms with E-state index in [1.165, 1.54) is 12.1 Å². The lowest BCUT2D eigenvalue weighted by atomic mass is 10.1. The lowest BCUT2D eigenvalue weighted by Crippen LogP contribution is -2.40.